The Morgan fingerprint density at radius 3 is 2.70 bits per heavy atom. The summed E-state index contributed by atoms with van der Waals surface area (Å²) in [5, 5.41) is 2.21. The summed E-state index contributed by atoms with van der Waals surface area (Å²) in [5.74, 6) is -0.410. The molecule has 0 unspecified atom stereocenters. The van der Waals surface area contributed by atoms with E-state index >= 15 is 0 Å². The van der Waals surface area contributed by atoms with Gasteiger partial charge in [0.15, 0.2) is 6.73 Å². The van der Waals surface area contributed by atoms with Crippen molar-refractivity contribution in [2.45, 2.75) is 6.36 Å². The molecule has 0 saturated heterocycles. The van der Waals surface area contributed by atoms with E-state index in [0.717, 1.165) is 6.26 Å². The van der Waals surface area contributed by atoms with Crippen LogP contribution < -0.4 is 5.32 Å². The highest BCUT2D eigenvalue weighted by Gasteiger charge is 2.33. The van der Waals surface area contributed by atoms with Gasteiger partial charge in [0.25, 0.3) is 0 Å². The number of hydrogen-bond acceptors (Lipinski definition) is 3. The fraction of sp³-hybridized carbons (Fsp3) is 0.500. The standard InChI is InChI=1S/C4H4F3NO2/c5-4(6,7)10-3-1-9-2-8-3/h1,8H,2H2. The highest BCUT2D eigenvalue weighted by Crippen LogP contribution is 2.20. The monoisotopic (exact) mass is 155 g/mol. The van der Waals surface area contributed by atoms with Gasteiger partial charge in [0.1, 0.15) is 6.26 Å². The molecule has 58 valence electrons. The Hall–Kier alpha value is -1.07. The minimum Gasteiger partial charge on any atom is -0.475 e. The van der Waals surface area contributed by atoms with Crippen LogP contribution in [0, 0.1) is 0 Å². The van der Waals surface area contributed by atoms with Gasteiger partial charge < -0.3 is 14.8 Å². The maximum atomic E-state index is 11.3. The van der Waals surface area contributed by atoms with Gasteiger partial charge in [-0.05, 0) is 0 Å². The molecule has 0 atom stereocenters. The lowest BCUT2D eigenvalue weighted by Gasteiger charge is -2.07. The van der Waals surface area contributed by atoms with Crippen LogP contribution in [0.2, 0.25) is 0 Å². The molecule has 0 spiro atoms. The predicted molar refractivity (Wildman–Crippen MR) is 24.3 cm³/mol. The molecule has 1 heterocycles. The van der Waals surface area contributed by atoms with Gasteiger partial charge in [-0.1, -0.05) is 0 Å². The lowest BCUT2D eigenvalue weighted by Crippen LogP contribution is -2.19. The number of ether oxygens (including phenoxy) is 2. The first-order valence-electron chi connectivity index (χ1n) is 2.39. The van der Waals surface area contributed by atoms with E-state index in [1.54, 1.807) is 0 Å². The Balaban J connectivity index is 2.38. The van der Waals surface area contributed by atoms with Crippen molar-refractivity contribution in [1.82, 2.24) is 5.32 Å². The fourth-order valence-electron chi connectivity index (χ4n) is 0.457. The van der Waals surface area contributed by atoms with Gasteiger partial charge in [0.05, 0.1) is 0 Å². The number of hydrogen-bond donors (Lipinski definition) is 1. The maximum absolute atomic E-state index is 11.3. The van der Waals surface area contributed by atoms with Crippen molar-refractivity contribution in [3.8, 4) is 0 Å². The molecular formula is C4H4F3NO2. The van der Waals surface area contributed by atoms with E-state index in [1.165, 1.54) is 0 Å². The molecule has 0 fully saturated rings. The molecular weight excluding hydrogens is 151 g/mol. The minimum absolute atomic E-state index is 0.0193. The lowest BCUT2D eigenvalue weighted by molar-refractivity contribution is -0.307. The van der Waals surface area contributed by atoms with E-state index in [0.29, 0.717) is 0 Å². The molecule has 0 saturated carbocycles. The highest BCUT2D eigenvalue weighted by molar-refractivity contribution is 4.88. The zero-order chi connectivity index (χ0) is 7.61. The van der Waals surface area contributed by atoms with Gasteiger partial charge >= 0.3 is 6.36 Å². The van der Waals surface area contributed by atoms with Gasteiger partial charge in [-0.15, -0.1) is 13.2 Å². The van der Waals surface area contributed by atoms with E-state index in [9.17, 15) is 13.2 Å². The molecule has 6 heteroatoms. The van der Waals surface area contributed by atoms with Gasteiger partial charge in [0.2, 0.25) is 5.88 Å². The Kier molecular flexibility index (Phi) is 1.60. The molecule has 3 nitrogen and oxygen atoms in total. The second kappa shape index (κ2) is 2.28. The van der Waals surface area contributed by atoms with E-state index in [-0.39, 0.29) is 6.73 Å². The fourth-order valence-corrected chi connectivity index (χ4v) is 0.457. The van der Waals surface area contributed by atoms with Crippen LogP contribution in [0.15, 0.2) is 12.1 Å². The lowest BCUT2D eigenvalue weighted by atomic mass is 10.9. The normalized spacial score (nSPS) is 17.3. The molecule has 10 heavy (non-hydrogen) atoms. The summed E-state index contributed by atoms with van der Waals surface area (Å²) in [7, 11) is 0. The van der Waals surface area contributed by atoms with Gasteiger partial charge in [0, 0.05) is 0 Å². The third-order valence-electron chi connectivity index (χ3n) is 0.746. The zero-order valence-corrected chi connectivity index (χ0v) is 4.73. The minimum atomic E-state index is -4.65. The smallest absolute Gasteiger partial charge is 0.475 e. The van der Waals surface area contributed by atoms with Crippen molar-refractivity contribution in [2.75, 3.05) is 6.73 Å². The summed E-state index contributed by atoms with van der Waals surface area (Å²) in [5.41, 5.74) is 0. The van der Waals surface area contributed by atoms with Crippen LogP contribution in [0.25, 0.3) is 0 Å². The highest BCUT2D eigenvalue weighted by atomic mass is 19.4. The first-order chi connectivity index (χ1) is 4.58. The summed E-state index contributed by atoms with van der Waals surface area (Å²) in [4.78, 5) is 0. The Labute approximate surface area is 54.4 Å². The summed E-state index contributed by atoms with van der Waals surface area (Å²) < 4.78 is 41.9. The molecule has 0 radical (unpaired) electrons. The first kappa shape index (κ1) is 7.04. The molecule has 0 aliphatic carbocycles. The van der Waals surface area contributed by atoms with Crippen molar-refractivity contribution in [3.05, 3.63) is 12.1 Å². The summed E-state index contributed by atoms with van der Waals surface area (Å²) in [6, 6.07) is 0. The van der Waals surface area contributed by atoms with Crippen LogP contribution in [-0.2, 0) is 9.47 Å². The van der Waals surface area contributed by atoms with Crippen molar-refractivity contribution >= 4 is 0 Å². The van der Waals surface area contributed by atoms with Gasteiger partial charge in [-0.2, -0.15) is 0 Å². The second-order valence-electron chi connectivity index (χ2n) is 1.52. The molecule has 0 aromatic carbocycles. The van der Waals surface area contributed by atoms with E-state index in [4.69, 9.17) is 0 Å². The Morgan fingerprint density at radius 2 is 2.30 bits per heavy atom. The number of halogens is 3. The van der Waals surface area contributed by atoms with Crippen LogP contribution in [0.1, 0.15) is 0 Å². The second-order valence-corrected chi connectivity index (χ2v) is 1.52. The van der Waals surface area contributed by atoms with Crippen molar-refractivity contribution < 1.29 is 22.6 Å². The van der Waals surface area contributed by atoms with E-state index < -0.39 is 12.2 Å². The number of rotatable bonds is 1. The van der Waals surface area contributed by atoms with Crippen molar-refractivity contribution in [3.63, 3.8) is 0 Å². The maximum Gasteiger partial charge on any atom is 0.574 e. The van der Waals surface area contributed by atoms with Crippen molar-refractivity contribution in [2.24, 2.45) is 0 Å². The molecule has 0 amide bonds. The molecule has 1 N–H and O–H groups in total. The molecule has 0 aromatic rings. The van der Waals surface area contributed by atoms with Crippen LogP contribution in [0.4, 0.5) is 13.2 Å². The van der Waals surface area contributed by atoms with Crippen LogP contribution >= 0.6 is 0 Å². The molecule has 1 rings (SSSR count). The average molecular weight is 155 g/mol. The molecule has 0 bridgehead atoms. The van der Waals surface area contributed by atoms with Crippen molar-refractivity contribution in [1.29, 1.82) is 0 Å². The molecule has 1 aliphatic rings. The Morgan fingerprint density at radius 1 is 1.60 bits per heavy atom. The summed E-state index contributed by atoms with van der Waals surface area (Å²) >= 11 is 0. The quantitative estimate of drug-likeness (QED) is 0.610. The third-order valence-corrected chi connectivity index (χ3v) is 0.746. The number of alkyl halides is 3. The zero-order valence-electron chi connectivity index (χ0n) is 4.73. The number of nitrogens with one attached hydrogen (secondary N) is 1. The molecule has 1 aliphatic heterocycles. The van der Waals surface area contributed by atoms with Crippen LogP contribution in [0.3, 0.4) is 0 Å². The van der Waals surface area contributed by atoms with Gasteiger partial charge in [-0.25, -0.2) is 0 Å². The first-order valence-corrected chi connectivity index (χ1v) is 2.39. The largest absolute Gasteiger partial charge is 0.574 e. The van der Waals surface area contributed by atoms with Crippen LogP contribution in [0.5, 0.6) is 0 Å². The SMILES string of the molecule is FC(F)(F)OC1=COCN1. The van der Waals surface area contributed by atoms with E-state index in [1.807, 2.05) is 0 Å². The van der Waals surface area contributed by atoms with Crippen LogP contribution in [-0.4, -0.2) is 13.1 Å². The predicted octanol–water partition coefficient (Wildman–Crippen LogP) is 0.899. The summed E-state index contributed by atoms with van der Waals surface area (Å²) in [6.45, 7) is 0.0193. The molecule has 0 aromatic heterocycles. The van der Waals surface area contributed by atoms with E-state index in [2.05, 4.69) is 14.8 Å². The summed E-state index contributed by atoms with van der Waals surface area (Å²) in [6.07, 6.45) is -3.78. The average Bonchev–Trinajstić information content (AvgIpc) is 2.12. The topological polar surface area (TPSA) is 30.5 Å². The van der Waals surface area contributed by atoms with Gasteiger partial charge in [-0.3, -0.25) is 0 Å². The third kappa shape index (κ3) is 2.04. The Bertz CT molecular complexity index is 153.